The second-order valence-corrected chi connectivity index (χ2v) is 9.13. The van der Waals surface area contributed by atoms with Crippen molar-refractivity contribution in [3.8, 4) is 0 Å². The molecule has 4 atom stereocenters. The minimum absolute atomic E-state index is 0.0126. The molecule has 3 amide bonds. The number of carbonyl (C=O) groups excluding carboxylic acids is 3. The van der Waals surface area contributed by atoms with Gasteiger partial charge in [-0.1, -0.05) is 73.5 Å². The van der Waals surface area contributed by atoms with E-state index in [1.54, 1.807) is 4.90 Å². The number of nitrogens with one attached hydrogen (secondary N) is 2. The largest absolute Gasteiger partial charge is 0.344 e. The Balaban J connectivity index is 1.57. The van der Waals surface area contributed by atoms with Crippen molar-refractivity contribution in [2.45, 2.75) is 68.6 Å². The van der Waals surface area contributed by atoms with E-state index in [0.29, 0.717) is 12.8 Å². The Morgan fingerprint density at radius 3 is 2.09 bits per heavy atom. The van der Waals surface area contributed by atoms with Crippen molar-refractivity contribution >= 4 is 25.6 Å². The van der Waals surface area contributed by atoms with Crippen molar-refractivity contribution in [3.05, 3.63) is 71.8 Å². The molecule has 2 aliphatic rings. The van der Waals surface area contributed by atoms with Crippen molar-refractivity contribution in [2.75, 3.05) is 0 Å². The maximum Gasteiger partial charge on any atom is 0.246 e. The first-order valence-corrected chi connectivity index (χ1v) is 12.0. The highest BCUT2D eigenvalue weighted by Gasteiger charge is 2.44. The molecule has 2 fully saturated rings. The van der Waals surface area contributed by atoms with E-state index >= 15 is 0 Å². The highest BCUT2D eigenvalue weighted by Crippen LogP contribution is 2.32. The predicted molar refractivity (Wildman–Crippen MR) is 131 cm³/mol. The first-order valence-electron chi connectivity index (χ1n) is 12.0. The van der Waals surface area contributed by atoms with Crippen LogP contribution < -0.4 is 16.4 Å². The Hall–Kier alpha value is -3.13. The van der Waals surface area contributed by atoms with Gasteiger partial charge in [0, 0.05) is 12.0 Å². The van der Waals surface area contributed by atoms with Crippen LogP contribution in [0.15, 0.2) is 60.7 Å². The standard InChI is InChI=1S/C26H31BN4O3/c27-23(28)25(33)29-20-14-8-7-13-19-15-16-21(31(19)26(20)34)24(32)30-22(17-9-3-1-4-10-17)18-11-5-2-6-12-18/h1-6,9-12,19-23H,7-8,13-16,28H2,(H,29,33)(H,30,32)/t19-,20-,21-,23-/m0/s1. The van der Waals surface area contributed by atoms with E-state index in [0.717, 1.165) is 36.8 Å². The summed E-state index contributed by atoms with van der Waals surface area (Å²) in [6.07, 6.45) is 4.47. The predicted octanol–water partition coefficient (Wildman–Crippen LogP) is 1.76. The van der Waals surface area contributed by atoms with Gasteiger partial charge in [0.1, 0.15) is 19.9 Å². The maximum atomic E-state index is 13.6. The topological polar surface area (TPSA) is 105 Å². The zero-order chi connectivity index (χ0) is 24.1. The van der Waals surface area contributed by atoms with Crippen molar-refractivity contribution in [1.82, 2.24) is 15.5 Å². The minimum atomic E-state index is -1.19. The zero-order valence-electron chi connectivity index (χ0n) is 19.2. The molecule has 0 aromatic heterocycles. The third-order valence-corrected chi connectivity index (χ3v) is 6.81. The molecule has 0 bridgehead atoms. The van der Waals surface area contributed by atoms with Crippen molar-refractivity contribution in [2.24, 2.45) is 5.73 Å². The van der Waals surface area contributed by atoms with Crippen molar-refractivity contribution in [1.29, 1.82) is 0 Å². The summed E-state index contributed by atoms with van der Waals surface area (Å²) in [6.45, 7) is 0. The summed E-state index contributed by atoms with van der Waals surface area (Å²) in [7, 11) is 5.49. The lowest BCUT2D eigenvalue weighted by Crippen LogP contribution is -2.58. The average Bonchev–Trinajstić information content (AvgIpc) is 3.27. The number of fused-ring (bicyclic) bond motifs is 1. The fourth-order valence-corrected chi connectivity index (χ4v) is 5.08. The van der Waals surface area contributed by atoms with E-state index < -0.39 is 23.9 Å². The summed E-state index contributed by atoms with van der Waals surface area (Å²) >= 11 is 0. The molecule has 4 N–H and O–H groups in total. The van der Waals surface area contributed by atoms with Gasteiger partial charge in [-0.05, 0) is 36.8 Å². The van der Waals surface area contributed by atoms with E-state index in [4.69, 9.17) is 13.6 Å². The number of rotatable bonds is 6. The lowest BCUT2D eigenvalue weighted by molar-refractivity contribution is -0.144. The lowest BCUT2D eigenvalue weighted by atomic mass is 9.95. The Morgan fingerprint density at radius 1 is 0.912 bits per heavy atom. The first kappa shape index (κ1) is 24.0. The summed E-state index contributed by atoms with van der Waals surface area (Å²) in [4.78, 5) is 40.9. The van der Waals surface area contributed by atoms with Gasteiger partial charge >= 0.3 is 0 Å². The zero-order valence-corrected chi connectivity index (χ0v) is 19.2. The molecule has 4 rings (SSSR count). The Labute approximate surface area is 201 Å². The van der Waals surface area contributed by atoms with Crippen LogP contribution in [-0.2, 0) is 14.4 Å². The van der Waals surface area contributed by atoms with Gasteiger partial charge < -0.3 is 21.3 Å². The second-order valence-electron chi connectivity index (χ2n) is 9.13. The van der Waals surface area contributed by atoms with Crippen LogP contribution in [0.4, 0.5) is 0 Å². The number of hydrogen-bond acceptors (Lipinski definition) is 4. The summed E-state index contributed by atoms with van der Waals surface area (Å²) in [5.41, 5.74) is 7.43. The molecular formula is C26H31BN4O3. The molecular weight excluding hydrogens is 427 g/mol. The van der Waals surface area contributed by atoms with Gasteiger partial charge in [0.15, 0.2) is 0 Å². The van der Waals surface area contributed by atoms with Gasteiger partial charge in [0.25, 0.3) is 0 Å². The molecule has 2 aliphatic heterocycles. The van der Waals surface area contributed by atoms with Crippen LogP contribution >= 0.6 is 0 Å². The smallest absolute Gasteiger partial charge is 0.246 e. The molecule has 176 valence electrons. The molecule has 0 unspecified atom stereocenters. The van der Waals surface area contributed by atoms with Crippen molar-refractivity contribution < 1.29 is 14.4 Å². The Bertz CT molecular complexity index is 962. The molecule has 2 aromatic carbocycles. The highest BCUT2D eigenvalue weighted by atomic mass is 16.2. The van der Waals surface area contributed by atoms with Crippen molar-refractivity contribution in [3.63, 3.8) is 0 Å². The van der Waals surface area contributed by atoms with Crippen LogP contribution in [-0.4, -0.2) is 54.5 Å². The number of nitrogens with two attached hydrogens (primary N) is 1. The maximum absolute atomic E-state index is 13.6. The second kappa shape index (κ2) is 10.9. The van der Waals surface area contributed by atoms with E-state index in [1.807, 2.05) is 60.7 Å². The van der Waals surface area contributed by atoms with Crippen LogP contribution in [0, 0.1) is 0 Å². The first-order chi connectivity index (χ1) is 16.5. The monoisotopic (exact) mass is 458 g/mol. The van der Waals surface area contributed by atoms with E-state index in [1.165, 1.54) is 0 Å². The third kappa shape index (κ3) is 5.33. The highest BCUT2D eigenvalue weighted by molar-refractivity contribution is 6.23. The molecule has 8 heteroatoms. The minimum Gasteiger partial charge on any atom is -0.344 e. The van der Waals surface area contributed by atoms with Gasteiger partial charge in [0.2, 0.25) is 17.7 Å². The molecule has 0 spiro atoms. The Morgan fingerprint density at radius 2 is 1.50 bits per heavy atom. The SMILES string of the molecule is [B][C@@H](N)C(=O)N[C@H]1CCCC[C@H]2CC[C@@H](C(=O)NC(c3ccccc3)c3ccccc3)N2C1=O. The van der Waals surface area contributed by atoms with Gasteiger partial charge in [0.05, 0.1) is 6.04 Å². The van der Waals surface area contributed by atoms with Gasteiger partial charge in [-0.3, -0.25) is 14.4 Å². The fourth-order valence-electron chi connectivity index (χ4n) is 5.08. The quantitative estimate of drug-likeness (QED) is 0.574. The van der Waals surface area contributed by atoms with Crippen LogP contribution in [0.25, 0.3) is 0 Å². The Kier molecular flexibility index (Phi) is 7.68. The van der Waals surface area contributed by atoms with Gasteiger partial charge in [-0.25, -0.2) is 0 Å². The number of amides is 3. The van der Waals surface area contributed by atoms with Gasteiger partial charge in [-0.2, -0.15) is 0 Å². The number of nitrogens with zero attached hydrogens (tertiary/aromatic N) is 1. The number of carbonyl (C=O) groups is 3. The average molecular weight is 458 g/mol. The summed E-state index contributed by atoms with van der Waals surface area (Å²) in [5, 5.41) is 5.88. The third-order valence-electron chi connectivity index (χ3n) is 6.81. The van der Waals surface area contributed by atoms with Crippen LogP contribution in [0.5, 0.6) is 0 Å². The molecule has 2 radical (unpaired) electrons. The van der Waals surface area contributed by atoms with E-state index in [9.17, 15) is 14.4 Å². The van der Waals surface area contributed by atoms with Gasteiger partial charge in [-0.15, -0.1) is 0 Å². The number of benzene rings is 2. The van der Waals surface area contributed by atoms with E-state index in [2.05, 4.69) is 10.6 Å². The molecule has 34 heavy (non-hydrogen) atoms. The molecule has 2 aromatic rings. The number of hydrogen-bond donors (Lipinski definition) is 3. The molecule has 2 heterocycles. The summed E-state index contributed by atoms with van der Waals surface area (Å²) < 4.78 is 0. The van der Waals surface area contributed by atoms with Crippen LogP contribution in [0.2, 0.25) is 0 Å². The fraction of sp³-hybridized carbons (Fsp3) is 0.423. The summed E-state index contributed by atoms with van der Waals surface area (Å²) in [6, 6.07) is 17.9. The molecule has 2 saturated heterocycles. The lowest BCUT2D eigenvalue weighted by Gasteiger charge is -2.36. The molecule has 0 aliphatic carbocycles. The normalized spacial score (nSPS) is 23.5. The van der Waals surface area contributed by atoms with E-state index in [-0.39, 0.29) is 23.9 Å². The molecule has 0 saturated carbocycles. The van der Waals surface area contributed by atoms with Crippen LogP contribution in [0.3, 0.4) is 0 Å². The summed E-state index contributed by atoms with van der Waals surface area (Å²) in [5.74, 6) is -2.17. The van der Waals surface area contributed by atoms with Crippen LogP contribution in [0.1, 0.15) is 55.7 Å². The molecule has 7 nitrogen and oxygen atoms in total.